The molecule has 1 N–H and O–H groups in total. The number of benzene rings is 1. The van der Waals surface area contributed by atoms with Crippen molar-refractivity contribution in [1.29, 1.82) is 0 Å². The Kier molecular flexibility index (Phi) is 2.55. The summed E-state index contributed by atoms with van der Waals surface area (Å²) in [5.74, 6) is -0.364. The van der Waals surface area contributed by atoms with Crippen molar-refractivity contribution in [2.75, 3.05) is 11.6 Å². The molecule has 0 bridgehead atoms. The van der Waals surface area contributed by atoms with E-state index >= 15 is 0 Å². The van der Waals surface area contributed by atoms with Crippen LogP contribution in [0.1, 0.15) is 5.56 Å². The van der Waals surface area contributed by atoms with Crippen LogP contribution in [0.15, 0.2) is 18.2 Å². The van der Waals surface area contributed by atoms with Crippen LogP contribution >= 0.6 is 23.4 Å². The fourth-order valence-corrected chi connectivity index (χ4v) is 2.38. The highest BCUT2D eigenvalue weighted by atomic mass is 35.5. The van der Waals surface area contributed by atoms with Gasteiger partial charge in [-0.05, 0) is 12.3 Å². The van der Waals surface area contributed by atoms with Crippen LogP contribution < -0.4 is 5.32 Å². The Bertz CT molecular complexity index is 494. The molecule has 16 heavy (non-hydrogen) atoms. The maximum atomic E-state index is 11.6. The summed E-state index contributed by atoms with van der Waals surface area (Å²) < 4.78 is -1.26. The van der Waals surface area contributed by atoms with Gasteiger partial charge in [-0.3, -0.25) is 14.9 Å². The molecule has 1 amide bonds. The molecule has 84 valence electrons. The molecule has 1 aromatic carbocycles. The van der Waals surface area contributed by atoms with Crippen LogP contribution in [0, 0.1) is 10.1 Å². The highest BCUT2D eigenvalue weighted by molar-refractivity contribution is 8.01. The van der Waals surface area contributed by atoms with Gasteiger partial charge < -0.3 is 5.32 Å². The van der Waals surface area contributed by atoms with Crippen LogP contribution in [0.25, 0.3) is 0 Å². The van der Waals surface area contributed by atoms with E-state index < -0.39 is 9.13 Å². The number of anilines is 1. The predicted octanol–water partition coefficient (Wildman–Crippen LogP) is 2.30. The van der Waals surface area contributed by atoms with E-state index in [0.717, 1.165) is 11.8 Å². The molecule has 0 spiro atoms. The van der Waals surface area contributed by atoms with Crippen molar-refractivity contribution < 1.29 is 9.72 Å². The minimum Gasteiger partial charge on any atom is -0.323 e. The van der Waals surface area contributed by atoms with Crippen molar-refractivity contribution in [2.45, 2.75) is 4.21 Å². The summed E-state index contributed by atoms with van der Waals surface area (Å²) in [5.41, 5.74) is 0.898. The standard InChI is InChI=1S/C9H7ClN2O3S/c1-16-9(10)6-4-5(12(14)15)2-3-7(6)11-8(9)13/h2-4H,1H3,(H,11,13). The van der Waals surface area contributed by atoms with Gasteiger partial charge in [-0.25, -0.2) is 0 Å². The largest absolute Gasteiger partial charge is 0.323 e. The van der Waals surface area contributed by atoms with Gasteiger partial charge in [0.25, 0.3) is 11.6 Å². The number of carbonyl (C=O) groups is 1. The Morgan fingerprint density at radius 1 is 1.56 bits per heavy atom. The first kappa shape index (κ1) is 11.2. The molecule has 0 saturated heterocycles. The molecule has 5 nitrogen and oxygen atoms in total. The molecular weight excluding hydrogens is 252 g/mol. The quantitative estimate of drug-likeness (QED) is 0.502. The molecule has 0 fully saturated rings. The van der Waals surface area contributed by atoms with E-state index in [-0.39, 0.29) is 11.6 Å². The Hall–Kier alpha value is -1.27. The van der Waals surface area contributed by atoms with Gasteiger partial charge in [-0.15, -0.1) is 11.8 Å². The van der Waals surface area contributed by atoms with Crippen LogP contribution in [0.5, 0.6) is 0 Å². The van der Waals surface area contributed by atoms with Crippen LogP contribution in [0.3, 0.4) is 0 Å². The van der Waals surface area contributed by atoms with Crippen molar-refractivity contribution in [2.24, 2.45) is 0 Å². The van der Waals surface area contributed by atoms with Crippen molar-refractivity contribution in [1.82, 2.24) is 0 Å². The first-order valence-electron chi connectivity index (χ1n) is 4.33. The van der Waals surface area contributed by atoms with E-state index in [1.165, 1.54) is 18.2 Å². The third-order valence-corrected chi connectivity index (χ3v) is 4.19. The number of rotatable bonds is 2. The van der Waals surface area contributed by atoms with E-state index in [2.05, 4.69) is 5.32 Å². The number of hydrogen-bond donors (Lipinski definition) is 1. The summed E-state index contributed by atoms with van der Waals surface area (Å²) in [4.78, 5) is 21.8. The van der Waals surface area contributed by atoms with Crippen LogP contribution in [-0.4, -0.2) is 17.1 Å². The van der Waals surface area contributed by atoms with E-state index in [1.54, 1.807) is 6.26 Å². The van der Waals surface area contributed by atoms with Crippen molar-refractivity contribution >= 4 is 40.6 Å². The molecule has 7 heteroatoms. The molecule has 2 rings (SSSR count). The molecule has 0 radical (unpaired) electrons. The maximum Gasteiger partial charge on any atom is 0.269 e. The summed E-state index contributed by atoms with van der Waals surface area (Å²) >= 11 is 7.28. The third-order valence-electron chi connectivity index (χ3n) is 2.38. The van der Waals surface area contributed by atoms with Gasteiger partial charge in [0.1, 0.15) is 0 Å². The molecule has 0 saturated carbocycles. The lowest BCUT2D eigenvalue weighted by Gasteiger charge is -2.15. The van der Waals surface area contributed by atoms with Gasteiger partial charge >= 0.3 is 0 Å². The van der Waals surface area contributed by atoms with Gasteiger partial charge in [0, 0.05) is 23.4 Å². The molecule has 1 atom stereocenters. The summed E-state index contributed by atoms with van der Waals surface area (Å²) in [6, 6.07) is 4.16. The molecule has 1 aliphatic heterocycles. The average molecular weight is 259 g/mol. The van der Waals surface area contributed by atoms with Gasteiger partial charge in [0.15, 0.2) is 4.21 Å². The molecule has 0 aliphatic carbocycles. The second kappa shape index (κ2) is 3.64. The molecular formula is C9H7ClN2O3S. The van der Waals surface area contributed by atoms with Gasteiger partial charge in [-0.2, -0.15) is 0 Å². The lowest BCUT2D eigenvalue weighted by atomic mass is 10.1. The molecule has 1 aliphatic rings. The Labute approximate surface area is 100 Å². The predicted molar refractivity (Wildman–Crippen MR) is 62.8 cm³/mol. The fourth-order valence-electron chi connectivity index (χ4n) is 1.55. The SMILES string of the molecule is CSC1(Cl)C(=O)Nc2ccc([N+](=O)[O-])cc21. The van der Waals surface area contributed by atoms with Gasteiger partial charge in [0.2, 0.25) is 0 Å². The second-order valence-electron chi connectivity index (χ2n) is 3.24. The van der Waals surface area contributed by atoms with Crippen LogP contribution in [0.2, 0.25) is 0 Å². The number of non-ortho nitro benzene ring substituents is 1. The van der Waals surface area contributed by atoms with Crippen molar-refractivity contribution in [3.63, 3.8) is 0 Å². The number of nitrogens with one attached hydrogen (secondary N) is 1. The molecule has 0 aromatic heterocycles. The minimum atomic E-state index is -1.26. The number of carbonyl (C=O) groups excluding carboxylic acids is 1. The second-order valence-corrected chi connectivity index (χ2v) is 5.05. The van der Waals surface area contributed by atoms with Gasteiger partial charge in [0.05, 0.1) is 4.92 Å². The summed E-state index contributed by atoms with van der Waals surface area (Å²) in [6.45, 7) is 0. The van der Waals surface area contributed by atoms with Crippen LogP contribution in [0.4, 0.5) is 11.4 Å². The van der Waals surface area contributed by atoms with Crippen LogP contribution in [-0.2, 0) is 9.00 Å². The number of nitrogens with zero attached hydrogens (tertiary/aromatic N) is 1. The van der Waals surface area contributed by atoms with E-state index in [1.807, 2.05) is 0 Å². The topological polar surface area (TPSA) is 72.2 Å². The van der Waals surface area contributed by atoms with E-state index in [0.29, 0.717) is 11.3 Å². The lowest BCUT2D eigenvalue weighted by Crippen LogP contribution is -2.24. The first-order chi connectivity index (χ1) is 7.49. The number of amides is 1. The first-order valence-corrected chi connectivity index (χ1v) is 5.93. The number of nitro groups is 1. The Morgan fingerprint density at radius 2 is 2.25 bits per heavy atom. The normalized spacial score (nSPS) is 22.8. The highest BCUT2D eigenvalue weighted by Gasteiger charge is 2.45. The van der Waals surface area contributed by atoms with E-state index in [4.69, 9.17) is 11.6 Å². The van der Waals surface area contributed by atoms with Crippen molar-refractivity contribution in [3.8, 4) is 0 Å². The summed E-state index contributed by atoms with van der Waals surface area (Å²) in [5, 5.41) is 13.2. The molecule has 1 heterocycles. The van der Waals surface area contributed by atoms with E-state index in [9.17, 15) is 14.9 Å². The number of alkyl halides is 1. The monoisotopic (exact) mass is 258 g/mol. The lowest BCUT2D eigenvalue weighted by molar-refractivity contribution is -0.384. The smallest absolute Gasteiger partial charge is 0.269 e. The average Bonchev–Trinajstić information content (AvgIpc) is 2.51. The number of hydrogen-bond acceptors (Lipinski definition) is 4. The maximum absolute atomic E-state index is 11.6. The summed E-state index contributed by atoms with van der Waals surface area (Å²) in [6.07, 6.45) is 1.68. The number of thioether (sulfide) groups is 1. The molecule has 1 aromatic rings. The zero-order chi connectivity index (χ0) is 11.9. The minimum absolute atomic E-state index is 0.0747. The zero-order valence-electron chi connectivity index (χ0n) is 8.19. The molecule has 1 unspecified atom stereocenters. The van der Waals surface area contributed by atoms with Crippen molar-refractivity contribution in [3.05, 3.63) is 33.9 Å². The number of halogens is 1. The Morgan fingerprint density at radius 3 is 2.81 bits per heavy atom. The van der Waals surface area contributed by atoms with Gasteiger partial charge in [-0.1, -0.05) is 11.6 Å². The fraction of sp³-hybridized carbons (Fsp3) is 0.222. The number of nitro benzene ring substituents is 1. The summed E-state index contributed by atoms with van der Waals surface area (Å²) in [7, 11) is 0. The number of fused-ring (bicyclic) bond motifs is 1. The Balaban J connectivity index is 2.59. The highest BCUT2D eigenvalue weighted by Crippen LogP contribution is 2.48. The third kappa shape index (κ3) is 1.45. The zero-order valence-corrected chi connectivity index (χ0v) is 9.76.